The van der Waals surface area contributed by atoms with E-state index in [1.165, 1.54) is 16.7 Å². The highest BCUT2D eigenvalue weighted by Gasteiger charge is 2.04. The molecule has 0 saturated heterocycles. The summed E-state index contributed by atoms with van der Waals surface area (Å²) in [5, 5.41) is 8.70. The lowest BCUT2D eigenvalue weighted by atomic mass is 10.0. The minimum absolute atomic E-state index is 0. The van der Waals surface area contributed by atoms with Crippen LogP contribution in [0.25, 0.3) is 11.1 Å². The number of hydrogen-bond acceptors (Lipinski definition) is 2. The summed E-state index contributed by atoms with van der Waals surface area (Å²) in [4.78, 5) is 12.4. The van der Waals surface area contributed by atoms with E-state index in [2.05, 4.69) is 36.4 Å². The number of halogens is 1. The number of carboxylic acids is 1. The van der Waals surface area contributed by atoms with Gasteiger partial charge in [0.25, 0.3) is 0 Å². The molecule has 3 nitrogen and oxygen atoms in total. The maximum absolute atomic E-state index is 10.6. The molecule has 2 rings (SSSR count). The number of rotatable bonds is 6. The third kappa shape index (κ3) is 5.58. The van der Waals surface area contributed by atoms with Crippen LogP contribution in [0.15, 0.2) is 54.6 Å². The van der Waals surface area contributed by atoms with Gasteiger partial charge >= 0.3 is 5.97 Å². The molecule has 0 atom stereocenters. The first kappa shape index (κ1) is 17.2. The zero-order valence-corrected chi connectivity index (χ0v) is 12.8. The molecule has 0 heterocycles. The van der Waals surface area contributed by atoms with Crippen molar-refractivity contribution >= 4 is 18.4 Å². The van der Waals surface area contributed by atoms with Crippen molar-refractivity contribution in [3.8, 4) is 11.1 Å². The average molecular weight is 306 g/mol. The molecule has 2 aromatic carbocycles. The van der Waals surface area contributed by atoms with E-state index >= 15 is 0 Å². The van der Waals surface area contributed by atoms with E-state index in [1.807, 2.05) is 30.1 Å². The first-order chi connectivity index (χ1) is 9.65. The summed E-state index contributed by atoms with van der Waals surface area (Å²) in [6, 6.07) is 18.7. The summed E-state index contributed by atoms with van der Waals surface area (Å²) in [5.74, 6) is -0.785. The molecule has 2 aromatic rings. The molecule has 0 spiro atoms. The SMILES string of the molecule is CN(CCc1ccc(-c2ccccc2)cc1)CC(=O)O.Cl. The molecule has 0 aliphatic carbocycles. The number of carboxylic acid groups (broad SMARTS) is 1. The van der Waals surface area contributed by atoms with Crippen LogP contribution < -0.4 is 0 Å². The lowest BCUT2D eigenvalue weighted by Crippen LogP contribution is -2.27. The lowest BCUT2D eigenvalue weighted by Gasteiger charge is -2.13. The Kier molecular flexibility index (Phi) is 6.92. The van der Waals surface area contributed by atoms with Gasteiger partial charge in [-0.2, -0.15) is 0 Å². The zero-order chi connectivity index (χ0) is 14.4. The molecule has 21 heavy (non-hydrogen) atoms. The Balaban J connectivity index is 0.00000220. The van der Waals surface area contributed by atoms with Crippen LogP contribution in [0.3, 0.4) is 0 Å². The van der Waals surface area contributed by atoms with Crippen LogP contribution in [0.1, 0.15) is 5.56 Å². The summed E-state index contributed by atoms with van der Waals surface area (Å²) in [7, 11) is 1.83. The first-order valence-electron chi connectivity index (χ1n) is 6.70. The molecular formula is C17H20ClNO2. The number of aliphatic carboxylic acids is 1. The summed E-state index contributed by atoms with van der Waals surface area (Å²) < 4.78 is 0. The Bertz CT molecular complexity index is 555. The van der Waals surface area contributed by atoms with E-state index in [-0.39, 0.29) is 19.0 Å². The van der Waals surface area contributed by atoms with E-state index < -0.39 is 5.97 Å². The molecule has 0 unspecified atom stereocenters. The second-order valence-electron chi connectivity index (χ2n) is 4.94. The van der Waals surface area contributed by atoms with Crippen LogP contribution in [0.2, 0.25) is 0 Å². The van der Waals surface area contributed by atoms with Crippen LogP contribution >= 0.6 is 12.4 Å². The Morgan fingerprint density at radius 3 is 2.14 bits per heavy atom. The highest BCUT2D eigenvalue weighted by atomic mass is 35.5. The molecule has 1 N–H and O–H groups in total. The van der Waals surface area contributed by atoms with Gasteiger partial charge in [0, 0.05) is 6.54 Å². The minimum atomic E-state index is -0.785. The van der Waals surface area contributed by atoms with Gasteiger partial charge < -0.3 is 5.11 Å². The van der Waals surface area contributed by atoms with Crippen molar-refractivity contribution in [2.75, 3.05) is 20.1 Å². The van der Waals surface area contributed by atoms with Crippen molar-refractivity contribution in [1.82, 2.24) is 4.90 Å². The fourth-order valence-corrected chi connectivity index (χ4v) is 2.12. The predicted molar refractivity (Wildman–Crippen MR) is 88.0 cm³/mol. The molecule has 112 valence electrons. The number of carbonyl (C=O) groups is 1. The van der Waals surface area contributed by atoms with Gasteiger partial charge in [-0.25, -0.2) is 0 Å². The van der Waals surface area contributed by atoms with Crippen LogP contribution in [0.5, 0.6) is 0 Å². The van der Waals surface area contributed by atoms with Crippen molar-refractivity contribution < 1.29 is 9.90 Å². The van der Waals surface area contributed by atoms with Gasteiger partial charge in [0.05, 0.1) is 6.54 Å². The standard InChI is InChI=1S/C17H19NO2.ClH/c1-18(13-17(19)20)12-11-14-7-9-16(10-8-14)15-5-3-2-4-6-15;/h2-10H,11-13H2,1H3,(H,19,20);1H. The van der Waals surface area contributed by atoms with E-state index in [0.29, 0.717) is 0 Å². The maximum Gasteiger partial charge on any atom is 0.317 e. The lowest BCUT2D eigenvalue weighted by molar-refractivity contribution is -0.137. The third-order valence-corrected chi connectivity index (χ3v) is 3.25. The number of likely N-dealkylation sites (N-methyl/N-ethyl adjacent to an activating group) is 1. The van der Waals surface area contributed by atoms with E-state index in [1.54, 1.807) is 0 Å². The molecule has 0 aromatic heterocycles. The zero-order valence-electron chi connectivity index (χ0n) is 12.0. The predicted octanol–water partition coefficient (Wildman–Crippen LogP) is 3.33. The van der Waals surface area contributed by atoms with Crippen LogP contribution in [0, 0.1) is 0 Å². The molecule has 0 radical (unpaired) electrons. The Hall–Kier alpha value is -1.84. The molecule has 0 aliphatic rings. The molecule has 0 saturated carbocycles. The van der Waals surface area contributed by atoms with Gasteiger partial charge in [-0.3, -0.25) is 9.69 Å². The van der Waals surface area contributed by atoms with Crippen molar-refractivity contribution in [3.63, 3.8) is 0 Å². The van der Waals surface area contributed by atoms with Gasteiger partial charge in [-0.15, -0.1) is 12.4 Å². The van der Waals surface area contributed by atoms with Crippen LogP contribution in [0.4, 0.5) is 0 Å². The molecule has 0 aliphatic heterocycles. The quantitative estimate of drug-likeness (QED) is 0.890. The number of hydrogen-bond donors (Lipinski definition) is 1. The molecular weight excluding hydrogens is 286 g/mol. The van der Waals surface area contributed by atoms with Crippen LogP contribution in [-0.2, 0) is 11.2 Å². The third-order valence-electron chi connectivity index (χ3n) is 3.25. The van der Waals surface area contributed by atoms with Crippen molar-refractivity contribution in [2.45, 2.75) is 6.42 Å². The van der Waals surface area contributed by atoms with Gasteiger partial charge in [0.15, 0.2) is 0 Å². The van der Waals surface area contributed by atoms with Crippen molar-refractivity contribution in [1.29, 1.82) is 0 Å². The second-order valence-corrected chi connectivity index (χ2v) is 4.94. The summed E-state index contributed by atoms with van der Waals surface area (Å²) in [6.45, 7) is 0.832. The number of benzene rings is 2. The van der Waals surface area contributed by atoms with Gasteiger partial charge in [0.2, 0.25) is 0 Å². The fourth-order valence-electron chi connectivity index (χ4n) is 2.12. The summed E-state index contributed by atoms with van der Waals surface area (Å²) in [6.07, 6.45) is 0.860. The Morgan fingerprint density at radius 1 is 1.00 bits per heavy atom. The first-order valence-corrected chi connectivity index (χ1v) is 6.70. The average Bonchev–Trinajstić information content (AvgIpc) is 2.46. The van der Waals surface area contributed by atoms with Gasteiger partial charge in [-0.1, -0.05) is 54.6 Å². The van der Waals surface area contributed by atoms with Crippen molar-refractivity contribution in [3.05, 3.63) is 60.2 Å². The Labute approximate surface area is 131 Å². The van der Waals surface area contributed by atoms with E-state index in [9.17, 15) is 4.79 Å². The topological polar surface area (TPSA) is 40.5 Å². The van der Waals surface area contributed by atoms with Crippen LogP contribution in [-0.4, -0.2) is 36.1 Å². The summed E-state index contributed by atoms with van der Waals surface area (Å²) in [5.41, 5.74) is 3.64. The maximum atomic E-state index is 10.6. The monoisotopic (exact) mass is 305 g/mol. The van der Waals surface area contributed by atoms with Gasteiger partial charge in [-0.05, 0) is 30.2 Å². The minimum Gasteiger partial charge on any atom is -0.480 e. The van der Waals surface area contributed by atoms with Gasteiger partial charge in [0.1, 0.15) is 0 Å². The summed E-state index contributed by atoms with van der Waals surface area (Å²) >= 11 is 0. The highest BCUT2D eigenvalue weighted by molar-refractivity contribution is 5.85. The Morgan fingerprint density at radius 2 is 1.57 bits per heavy atom. The molecule has 0 amide bonds. The highest BCUT2D eigenvalue weighted by Crippen LogP contribution is 2.19. The fraction of sp³-hybridized carbons (Fsp3) is 0.235. The van der Waals surface area contributed by atoms with Crippen molar-refractivity contribution in [2.24, 2.45) is 0 Å². The molecule has 0 bridgehead atoms. The molecule has 4 heteroatoms. The van der Waals surface area contributed by atoms with E-state index in [4.69, 9.17) is 5.11 Å². The number of nitrogens with zero attached hydrogens (tertiary/aromatic N) is 1. The second kappa shape index (κ2) is 8.45. The van der Waals surface area contributed by atoms with E-state index in [0.717, 1.165) is 13.0 Å². The normalized spacial score (nSPS) is 10.2. The largest absolute Gasteiger partial charge is 0.480 e. The smallest absolute Gasteiger partial charge is 0.317 e. The molecule has 0 fully saturated rings.